The van der Waals surface area contributed by atoms with Gasteiger partial charge in [0.2, 0.25) is 5.95 Å². The quantitative estimate of drug-likeness (QED) is 0.0346. The Labute approximate surface area is 318 Å². The van der Waals surface area contributed by atoms with E-state index in [0.29, 0.717) is 23.6 Å². The van der Waals surface area contributed by atoms with Gasteiger partial charge in [-0.15, -0.1) is 0 Å². The number of oxime groups is 2. The van der Waals surface area contributed by atoms with Gasteiger partial charge in [0.25, 0.3) is 11.5 Å². The molecule has 55 heavy (non-hydrogen) atoms. The van der Waals surface area contributed by atoms with Gasteiger partial charge in [-0.25, -0.2) is 9.97 Å². The number of Topliss-reactive ketones (excluding diaryl/α,β-unsaturated/α-hetero) is 1. The van der Waals surface area contributed by atoms with Gasteiger partial charge in [-0.2, -0.15) is 10.5 Å². The molecule has 19 nitrogen and oxygen atoms in total. The molecule has 1 atom stereocenters. The molecule has 0 aliphatic carbocycles. The maximum Gasteiger partial charge on any atom is 0.303 e. The fourth-order valence-electron chi connectivity index (χ4n) is 5.68. The summed E-state index contributed by atoms with van der Waals surface area (Å²) < 4.78 is 0. The van der Waals surface area contributed by atoms with Crippen molar-refractivity contribution in [3.05, 3.63) is 52.1 Å². The number of nitrogens with zero attached hydrogens (tertiary/aromatic N) is 5. The number of hydrogen-bond donors (Lipinski definition) is 9. The molecule has 0 radical (unpaired) electrons. The zero-order valence-electron chi connectivity index (χ0n) is 32.5. The molecule has 3 rings (SSSR count). The Bertz CT molecular complexity index is 1950. The second-order valence-corrected chi connectivity index (χ2v) is 15.2. The van der Waals surface area contributed by atoms with Crippen molar-refractivity contribution in [3.63, 3.8) is 0 Å². The molecule has 0 aliphatic rings. The number of nitrogen functional groups attached to an aromatic ring is 1. The first-order valence-corrected chi connectivity index (χ1v) is 17.6. The van der Waals surface area contributed by atoms with Gasteiger partial charge >= 0.3 is 5.97 Å². The Kier molecular flexibility index (Phi) is 14.5. The molecule has 2 heterocycles. The highest BCUT2D eigenvalue weighted by Gasteiger charge is 2.49. The Balaban J connectivity index is 1.71. The van der Waals surface area contributed by atoms with Gasteiger partial charge in [0.15, 0.2) is 16.9 Å². The molecule has 0 saturated carbocycles. The summed E-state index contributed by atoms with van der Waals surface area (Å²) in [6, 6.07) is 6.43. The number of rotatable bonds is 20. The summed E-state index contributed by atoms with van der Waals surface area (Å²) in [5, 5.41) is 44.6. The van der Waals surface area contributed by atoms with Crippen LogP contribution in [0.4, 0.5) is 11.6 Å². The average Bonchev–Trinajstić information content (AvgIpc) is 3.11. The van der Waals surface area contributed by atoms with Gasteiger partial charge in [0.1, 0.15) is 5.54 Å². The lowest BCUT2D eigenvalue weighted by molar-refractivity contribution is -0.138. The molecule has 1 amide bonds. The van der Waals surface area contributed by atoms with Gasteiger partial charge in [-0.3, -0.25) is 29.0 Å². The maximum atomic E-state index is 14.2. The van der Waals surface area contributed by atoms with Crippen LogP contribution in [-0.4, -0.2) is 94.3 Å². The third kappa shape index (κ3) is 11.5. The van der Waals surface area contributed by atoms with E-state index in [1.165, 1.54) is 6.20 Å². The Hall–Kier alpha value is -5.53. The van der Waals surface area contributed by atoms with E-state index < -0.39 is 45.3 Å². The monoisotopic (exact) mass is 767 g/mol. The highest BCUT2D eigenvalue weighted by molar-refractivity contribution is 6.02. The predicted octanol–water partition coefficient (Wildman–Crippen LogP) is 2.98. The van der Waals surface area contributed by atoms with Crippen LogP contribution in [0.15, 0.2) is 45.6 Å². The molecule has 10 N–H and O–H groups in total. The molecule has 19 heteroatoms. The van der Waals surface area contributed by atoms with Gasteiger partial charge < -0.3 is 37.2 Å². The lowest BCUT2D eigenvalue weighted by Crippen LogP contribution is -2.62. The molecule has 2 aromatic heterocycles. The summed E-state index contributed by atoms with van der Waals surface area (Å²) in [5.74, 6) is -2.20. The average molecular weight is 768 g/mol. The third-order valence-electron chi connectivity index (χ3n) is 9.49. The summed E-state index contributed by atoms with van der Waals surface area (Å²) >= 11 is 0. The van der Waals surface area contributed by atoms with Gasteiger partial charge in [-0.05, 0) is 77.1 Å². The number of hydrogen-bond acceptors (Lipinski definition) is 16. The van der Waals surface area contributed by atoms with Gasteiger partial charge in [-0.1, -0.05) is 31.1 Å². The first-order chi connectivity index (χ1) is 25.7. The number of amides is 1. The van der Waals surface area contributed by atoms with E-state index in [1.807, 2.05) is 0 Å². The van der Waals surface area contributed by atoms with Crippen molar-refractivity contribution in [3.8, 4) is 0 Å². The van der Waals surface area contributed by atoms with Crippen LogP contribution < -0.4 is 32.7 Å². The summed E-state index contributed by atoms with van der Waals surface area (Å²) in [6.07, 6.45) is 0.743. The van der Waals surface area contributed by atoms with Crippen molar-refractivity contribution < 1.29 is 34.7 Å². The van der Waals surface area contributed by atoms with Crippen LogP contribution in [0.3, 0.4) is 0 Å². The number of nitrogens with two attached hydrogens (primary N) is 1. The molecule has 0 saturated heterocycles. The van der Waals surface area contributed by atoms with E-state index in [0.717, 1.165) is 0 Å². The number of nitrogens with one attached hydrogen (secondary N) is 5. The molecular weight excluding hydrogens is 714 g/mol. The molecular formula is C36H53N11O8. The SMILES string of the molecule is CC(=NO)C(C)(C)NOCCNC(C)(C)C(CCC(=O)[C@](CCC(=O)O)(NC(=O)c1ccc(NCc2cnc3nc(N)[nH]c(=O)c3n2)cc1)C(C)(C)C)=NO. The zero-order chi connectivity index (χ0) is 41.2. The van der Waals surface area contributed by atoms with Crippen LogP contribution in [-0.2, 0) is 21.0 Å². The molecule has 300 valence electrons. The number of anilines is 2. The van der Waals surface area contributed by atoms with Crippen LogP contribution in [0.1, 0.15) is 97.1 Å². The second kappa shape index (κ2) is 18.2. The molecule has 0 aliphatic heterocycles. The number of hydroxylamine groups is 1. The smallest absolute Gasteiger partial charge is 0.303 e. The van der Waals surface area contributed by atoms with E-state index in [9.17, 15) is 29.5 Å². The summed E-state index contributed by atoms with van der Waals surface area (Å²) in [7, 11) is 0. The van der Waals surface area contributed by atoms with Crippen LogP contribution in [0.5, 0.6) is 0 Å². The van der Waals surface area contributed by atoms with Crippen LogP contribution in [0.25, 0.3) is 11.2 Å². The van der Waals surface area contributed by atoms with E-state index in [4.69, 9.17) is 15.8 Å². The number of carboxylic acids is 1. The number of carbonyl (C=O) groups is 3. The molecule has 0 fully saturated rings. The van der Waals surface area contributed by atoms with E-state index in [-0.39, 0.29) is 67.2 Å². The Morgan fingerprint density at radius 1 is 0.945 bits per heavy atom. The van der Waals surface area contributed by atoms with Crippen molar-refractivity contribution in [2.45, 2.75) is 104 Å². The Morgan fingerprint density at radius 2 is 1.62 bits per heavy atom. The fourth-order valence-corrected chi connectivity index (χ4v) is 5.68. The molecule has 0 spiro atoms. The highest BCUT2D eigenvalue weighted by atomic mass is 16.6. The van der Waals surface area contributed by atoms with Gasteiger partial charge in [0.05, 0.1) is 47.5 Å². The van der Waals surface area contributed by atoms with E-state index in [2.05, 4.69) is 51.7 Å². The zero-order valence-corrected chi connectivity index (χ0v) is 32.5. The summed E-state index contributed by atoms with van der Waals surface area (Å²) in [6.45, 7) is 14.7. The van der Waals surface area contributed by atoms with Crippen molar-refractivity contribution in [1.82, 2.24) is 36.0 Å². The van der Waals surface area contributed by atoms with Crippen molar-refractivity contribution in [2.24, 2.45) is 15.7 Å². The number of aliphatic carboxylic acids is 1. The highest BCUT2D eigenvalue weighted by Crippen LogP contribution is 2.37. The number of ketones is 1. The minimum atomic E-state index is -1.61. The fraction of sp³-hybridized carbons (Fsp3) is 0.528. The van der Waals surface area contributed by atoms with Gasteiger partial charge in [0, 0.05) is 30.6 Å². The molecule has 3 aromatic rings. The lowest BCUT2D eigenvalue weighted by atomic mass is 9.67. The topological polar surface area (TPSA) is 292 Å². The van der Waals surface area contributed by atoms with E-state index >= 15 is 0 Å². The number of aromatic nitrogens is 4. The molecule has 0 unspecified atom stereocenters. The minimum absolute atomic E-state index is 0.00923. The maximum absolute atomic E-state index is 14.2. The van der Waals surface area contributed by atoms with Crippen molar-refractivity contribution >= 4 is 51.9 Å². The minimum Gasteiger partial charge on any atom is -0.481 e. The lowest BCUT2D eigenvalue weighted by Gasteiger charge is -2.44. The first kappa shape index (κ1) is 43.9. The first-order valence-electron chi connectivity index (χ1n) is 17.6. The largest absolute Gasteiger partial charge is 0.481 e. The normalized spacial score (nSPS) is 14.0. The van der Waals surface area contributed by atoms with Crippen molar-refractivity contribution in [1.29, 1.82) is 0 Å². The Morgan fingerprint density at radius 3 is 2.22 bits per heavy atom. The molecule has 0 bridgehead atoms. The number of carbonyl (C=O) groups excluding carboxylic acids is 2. The molecule has 1 aromatic carbocycles. The van der Waals surface area contributed by atoms with Crippen molar-refractivity contribution in [2.75, 3.05) is 24.2 Å². The van der Waals surface area contributed by atoms with Crippen LogP contribution in [0, 0.1) is 5.41 Å². The van der Waals surface area contributed by atoms with Crippen LogP contribution >= 0.6 is 0 Å². The number of aromatic amines is 1. The number of benzene rings is 1. The number of fused-ring (bicyclic) bond motifs is 1. The van der Waals surface area contributed by atoms with E-state index in [1.54, 1.807) is 79.7 Å². The number of H-pyrrole nitrogens is 1. The summed E-state index contributed by atoms with van der Waals surface area (Å²) in [5.41, 5.74) is 5.90. The standard InChI is InChI=1S/C36H53N11O8/c1-21(45-53)34(5,6)47-55-18-17-40-35(7,8)25(46-54)13-14-26(48)36(33(2,3)4,16-15-27(49)50)44-30(51)22-9-11-23(12-10-22)38-19-24-20-39-29-28(41-24)31(52)43-32(37)42-29/h9-12,20,38,40,47,53-54H,13-19H2,1-8H3,(H,44,51)(H,49,50)(H3,37,39,42,43,52)/t36-/m0/s1. The predicted molar refractivity (Wildman–Crippen MR) is 206 cm³/mol. The number of carboxylic acid groups (broad SMARTS) is 1. The third-order valence-corrected chi connectivity index (χ3v) is 9.49. The van der Waals surface area contributed by atoms with Crippen LogP contribution in [0.2, 0.25) is 0 Å². The second-order valence-electron chi connectivity index (χ2n) is 15.2. The summed E-state index contributed by atoms with van der Waals surface area (Å²) in [4.78, 5) is 72.3.